The van der Waals surface area contributed by atoms with E-state index in [4.69, 9.17) is 0 Å². The van der Waals surface area contributed by atoms with Gasteiger partial charge >= 0.3 is 0 Å². The van der Waals surface area contributed by atoms with E-state index in [0.29, 0.717) is 5.75 Å². The van der Waals surface area contributed by atoms with Crippen LogP contribution in [0.3, 0.4) is 0 Å². The Morgan fingerprint density at radius 3 is 2.70 bits per heavy atom. The molecule has 0 aliphatic heterocycles. The van der Waals surface area contributed by atoms with Gasteiger partial charge in [-0.1, -0.05) is 0 Å². The largest absolute Gasteiger partial charge is 0.347 e. The molecule has 1 rings (SSSR count). The zero-order chi connectivity index (χ0) is 15.1. The van der Waals surface area contributed by atoms with Crippen LogP contribution < -0.4 is 5.32 Å². The van der Waals surface area contributed by atoms with E-state index in [0.717, 1.165) is 5.82 Å². The summed E-state index contributed by atoms with van der Waals surface area (Å²) in [5, 5.41) is 14.0. The highest BCUT2D eigenvalue weighted by atomic mass is 32.2. The fourth-order valence-corrected chi connectivity index (χ4v) is 2.09. The molecule has 8 nitrogen and oxygen atoms in total. The summed E-state index contributed by atoms with van der Waals surface area (Å²) in [6, 6.07) is 0.187. The molecular formula is C11H20N6O2S. The van der Waals surface area contributed by atoms with Gasteiger partial charge in [-0.2, -0.15) is 0 Å². The van der Waals surface area contributed by atoms with Crippen LogP contribution in [0.4, 0.5) is 0 Å². The van der Waals surface area contributed by atoms with Crippen molar-refractivity contribution in [2.45, 2.75) is 25.6 Å². The molecule has 0 bridgehead atoms. The Hall–Kier alpha value is -1.64. The van der Waals surface area contributed by atoms with Gasteiger partial charge in [-0.3, -0.25) is 9.59 Å². The number of tetrazole rings is 1. The third-order valence-electron chi connectivity index (χ3n) is 2.45. The second-order valence-corrected chi connectivity index (χ2v) is 5.68. The minimum atomic E-state index is -0.172. The lowest BCUT2D eigenvalue weighted by Crippen LogP contribution is -2.37. The molecule has 0 fully saturated rings. The highest BCUT2D eigenvalue weighted by molar-refractivity contribution is 7.99. The van der Waals surface area contributed by atoms with Crippen LogP contribution in [0, 0.1) is 0 Å². The number of hydrogen-bond donors (Lipinski definition) is 1. The number of hydrogen-bond acceptors (Lipinski definition) is 6. The lowest BCUT2D eigenvalue weighted by Gasteiger charge is -2.11. The Morgan fingerprint density at radius 2 is 2.10 bits per heavy atom. The smallest absolute Gasteiger partial charge is 0.241 e. The van der Waals surface area contributed by atoms with E-state index in [1.54, 1.807) is 18.8 Å². The molecule has 0 atom stereocenters. The molecule has 1 aromatic heterocycles. The van der Waals surface area contributed by atoms with Gasteiger partial charge in [0.2, 0.25) is 11.8 Å². The molecule has 0 aromatic carbocycles. The molecule has 0 radical (unpaired) electrons. The number of carbonyl (C=O) groups is 2. The van der Waals surface area contributed by atoms with Crippen molar-refractivity contribution in [1.82, 2.24) is 30.4 Å². The van der Waals surface area contributed by atoms with Crippen molar-refractivity contribution in [3.63, 3.8) is 0 Å². The predicted octanol–water partition coefficient (Wildman–Crippen LogP) is -0.308. The lowest BCUT2D eigenvalue weighted by atomic mass is 10.4. The summed E-state index contributed by atoms with van der Waals surface area (Å²) in [7, 11) is 3.30. The molecule has 0 saturated heterocycles. The Bertz CT molecular complexity index is 460. The van der Waals surface area contributed by atoms with E-state index in [-0.39, 0.29) is 30.2 Å². The number of carbonyl (C=O) groups excluding carboxylic acids is 2. The SMILES string of the molecule is CC(C)n1nnnc1CSCC(=O)NCC(=O)N(C)C. The minimum Gasteiger partial charge on any atom is -0.347 e. The fraction of sp³-hybridized carbons (Fsp3) is 0.727. The highest BCUT2D eigenvalue weighted by Gasteiger charge is 2.11. The first kappa shape index (κ1) is 16.4. The molecule has 9 heteroatoms. The van der Waals surface area contributed by atoms with Crippen LogP contribution in [-0.4, -0.2) is 63.3 Å². The average molecular weight is 300 g/mol. The maximum atomic E-state index is 11.6. The number of nitrogens with one attached hydrogen (secondary N) is 1. The summed E-state index contributed by atoms with van der Waals surface area (Å²) in [5.41, 5.74) is 0. The van der Waals surface area contributed by atoms with Gasteiger partial charge < -0.3 is 10.2 Å². The zero-order valence-electron chi connectivity index (χ0n) is 12.2. The van der Waals surface area contributed by atoms with Crippen molar-refractivity contribution >= 4 is 23.6 Å². The van der Waals surface area contributed by atoms with Crippen LogP contribution >= 0.6 is 11.8 Å². The quantitative estimate of drug-likeness (QED) is 0.742. The van der Waals surface area contributed by atoms with Crippen molar-refractivity contribution in [3.8, 4) is 0 Å². The molecule has 1 aromatic rings. The number of amides is 2. The summed E-state index contributed by atoms with van der Waals surface area (Å²) in [5.74, 6) is 1.26. The van der Waals surface area contributed by atoms with Crippen LogP contribution in [0.5, 0.6) is 0 Å². The van der Waals surface area contributed by atoms with Crippen molar-refractivity contribution in [2.24, 2.45) is 0 Å². The average Bonchev–Trinajstić information content (AvgIpc) is 2.84. The van der Waals surface area contributed by atoms with E-state index < -0.39 is 0 Å². The standard InChI is InChI=1S/C11H20N6O2S/c1-8(2)17-9(13-14-15-17)6-20-7-10(18)12-5-11(19)16(3)4/h8H,5-7H2,1-4H3,(H,12,18). The van der Waals surface area contributed by atoms with Gasteiger partial charge in [-0.05, 0) is 24.3 Å². The number of aromatic nitrogens is 4. The molecule has 1 N–H and O–H groups in total. The fourth-order valence-electron chi connectivity index (χ4n) is 1.33. The van der Waals surface area contributed by atoms with Crippen molar-refractivity contribution in [1.29, 1.82) is 0 Å². The first-order valence-corrected chi connectivity index (χ1v) is 7.38. The molecular weight excluding hydrogens is 280 g/mol. The van der Waals surface area contributed by atoms with Crippen LogP contribution in [-0.2, 0) is 15.3 Å². The van der Waals surface area contributed by atoms with Gasteiger partial charge in [0.25, 0.3) is 0 Å². The van der Waals surface area contributed by atoms with Gasteiger partial charge in [0.05, 0.1) is 24.1 Å². The number of likely N-dealkylation sites (N-methyl/N-ethyl adjacent to an activating group) is 1. The van der Waals surface area contributed by atoms with Crippen LogP contribution in [0.1, 0.15) is 25.7 Å². The molecule has 0 unspecified atom stereocenters. The molecule has 112 valence electrons. The third kappa shape index (κ3) is 5.16. The summed E-state index contributed by atoms with van der Waals surface area (Å²) in [4.78, 5) is 24.3. The van der Waals surface area contributed by atoms with Crippen molar-refractivity contribution in [3.05, 3.63) is 5.82 Å². The third-order valence-corrected chi connectivity index (χ3v) is 3.38. The maximum Gasteiger partial charge on any atom is 0.241 e. The normalized spacial score (nSPS) is 10.7. The molecule has 0 saturated carbocycles. The second-order valence-electron chi connectivity index (χ2n) is 4.69. The van der Waals surface area contributed by atoms with E-state index in [9.17, 15) is 9.59 Å². The summed E-state index contributed by atoms with van der Waals surface area (Å²) in [6.45, 7) is 4.00. The van der Waals surface area contributed by atoms with E-state index in [1.807, 2.05) is 13.8 Å². The van der Waals surface area contributed by atoms with Gasteiger partial charge in [-0.25, -0.2) is 4.68 Å². The zero-order valence-corrected chi connectivity index (χ0v) is 13.0. The van der Waals surface area contributed by atoms with Crippen LogP contribution in [0.15, 0.2) is 0 Å². The van der Waals surface area contributed by atoms with Crippen LogP contribution in [0.25, 0.3) is 0 Å². The Balaban J connectivity index is 2.28. The summed E-state index contributed by atoms with van der Waals surface area (Å²) in [6.07, 6.45) is 0. The minimum absolute atomic E-state index is 0.0239. The molecule has 0 aliphatic carbocycles. The summed E-state index contributed by atoms with van der Waals surface area (Å²) >= 11 is 1.41. The molecule has 1 heterocycles. The number of nitrogens with zero attached hydrogens (tertiary/aromatic N) is 5. The van der Waals surface area contributed by atoms with Gasteiger partial charge in [0.15, 0.2) is 5.82 Å². The van der Waals surface area contributed by atoms with Crippen molar-refractivity contribution in [2.75, 3.05) is 26.4 Å². The van der Waals surface area contributed by atoms with Gasteiger partial charge in [0.1, 0.15) is 0 Å². The molecule has 2 amide bonds. The molecule has 0 spiro atoms. The van der Waals surface area contributed by atoms with E-state index in [2.05, 4.69) is 20.8 Å². The second kappa shape index (κ2) is 7.83. The molecule has 20 heavy (non-hydrogen) atoms. The first-order valence-electron chi connectivity index (χ1n) is 6.23. The van der Waals surface area contributed by atoms with Crippen molar-refractivity contribution < 1.29 is 9.59 Å². The van der Waals surface area contributed by atoms with Gasteiger partial charge in [-0.15, -0.1) is 16.9 Å². The van der Waals surface area contributed by atoms with E-state index >= 15 is 0 Å². The maximum absolute atomic E-state index is 11.6. The predicted molar refractivity (Wildman–Crippen MR) is 76.1 cm³/mol. The van der Waals surface area contributed by atoms with E-state index in [1.165, 1.54) is 16.7 Å². The summed E-state index contributed by atoms with van der Waals surface area (Å²) < 4.78 is 1.72. The first-order chi connectivity index (χ1) is 9.41. The Morgan fingerprint density at radius 1 is 1.40 bits per heavy atom. The highest BCUT2D eigenvalue weighted by Crippen LogP contribution is 2.12. The Kier molecular flexibility index (Phi) is 6.43. The van der Waals surface area contributed by atoms with Crippen LogP contribution in [0.2, 0.25) is 0 Å². The topological polar surface area (TPSA) is 93.0 Å². The lowest BCUT2D eigenvalue weighted by molar-refractivity contribution is -0.130. The number of rotatable bonds is 7. The molecule has 0 aliphatic rings. The monoisotopic (exact) mass is 300 g/mol. The van der Waals surface area contributed by atoms with Gasteiger partial charge in [0, 0.05) is 14.1 Å². The number of thioether (sulfide) groups is 1. The Labute approximate surface area is 122 Å².